The average Bonchev–Trinajstić information content (AvgIpc) is 2.14. The van der Waals surface area contributed by atoms with Crippen molar-refractivity contribution >= 4 is 34.9 Å². The van der Waals surface area contributed by atoms with E-state index in [2.05, 4.69) is 11.2 Å². The molecule has 78 valence electrons. The maximum atomic E-state index is 5.80. The van der Waals surface area contributed by atoms with E-state index in [4.69, 9.17) is 17.3 Å². The summed E-state index contributed by atoms with van der Waals surface area (Å²) in [6.45, 7) is 0.931. The summed E-state index contributed by atoms with van der Waals surface area (Å²) in [6.07, 6.45) is 3.69. The highest BCUT2D eigenvalue weighted by atomic mass is 35.5. The van der Waals surface area contributed by atoms with Gasteiger partial charge in [-0.25, -0.2) is 4.98 Å². The summed E-state index contributed by atoms with van der Waals surface area (Å²) < 4.78 is 0. The molecule has 0 radical (unpaired) electrons. The van der Waals surface area contributed by atoms with Crippen LogP contribution < -0.4 is 10.6 Å². The molecule has 1 aromatic rings. The van der Waals surface area contributed by atoms with E-state index in [1.54, 1.807) is 24.0 Å². The fraction of sp³-hybridized carbons (Fsp3) is 0.444. The Bertz CT molecular complexity index is 306. The average molecular weight is 232 g/mol. The summed E-state index contributed by atoms with van der Waals surface area (Å²) in [7, 11) is 1.98. The molecule has 5 heteroatoms. The smallest absolute Gasteiger partial charge is 0.151 e. The van der Waals surface area contributed by atoms with Crippen LogP contribution in [-0.2, 0) is 0 Å². The number of nitrogen functional groups attached to an aromatic ring is 1. The zero-order valence-corrected chi connectivity index (χ0v) is 9.90. The minimum atomic E-state index is 0.574. The first-order chi connectivity index (χ1) is 6.65. The number of rotatable bonds is 4. The Morgan fingerprint density at radius 3 is 2.93 bits per heavy atom. The van der Waals surface area contributed by atoms with Gasteiger partial charge in [0, 0.05) is 25.5 Å². The summed E-state index contributed by atoms with van der Waals surface area (Å²) in [5, 5.41) is 0.574. The molecule has 0 aliphatic heterocycles. The zero-order chi connectivity index (χ0) is 10.6. The monoisotopic (exact) mass is 231 g/mol. The summed E-state index contributed by atoms with van der Waals surface area (Å²) in [6, 6.07) is 1.72. The minimum Gasteiger partial charge on any atom is -0.396 e. The molecule has 0 spiro atoms. The van der Waals surface area contributed by atoms with Crippen LogP contribution in [0.4, 0.5) is 11.5 Å². The van der Waals surface area contributed by atoms with Crippen molar-refractivity contribution in [1.29, 1.82) is 0 Å². The Hall–Kier alpha value is -0.610. The van der Waals surface area contributed by atoms with Gasteiger partial charge in [-0.2, -0.15) is 11.8 Å². The summed E-state index contributed by atoms with van der Waals surface area (Å²) in [5.74, 6) is 1.85. The minimum absolute atomic E-state index is 0.574. The molecule has 0 saturated carbocycles. The molecule has 0 atom stereocenters. The predicted octanol–water partition coefficient (Wildman–Crippen LogP) is 2.12. The number of anilines is 2. The van der Waals surface area contributed by atoms with Crippen molar-refractivity contribution in [3.63, 3.8) is 0 Å². The van der Waals surface area contributed by atoms with Gasteiger partial charge in [-0.05, 0) is 12.3 Å². The second-order valence-corrected chi connectivity index (χ2v) is 4.40. The van der Waals surface area contributed by atoms with Crippen LogP contribution in [0.25, 0.3) is 0 Å². The molecule has 0 amide bonds. The molecule has 14 heavy (non-hydrogen) atoms. The van der Waals surface area contributed by atoms with Gasteiger partial charge in [0.05, 0.1) is 10.7 Å². The van der Waals surface area contributed by atoms with E-state index in [1.807, 2.05) is 11.9 Å². The largest absolute Gasteiger partial charge is 0.396 e. The molecular formula is C9H14ClN3S. The summed E-state index contributed by atoms with van der Waals surface area (Å²) in [4.78, 5) is 6.22. The Labute approximate surface area is 93.6 Å². The number of hydrogen-bond acceptors (Lipinski definition) is 4. The topological polar surface area (TPSA) is 42.2 Å². The molecule has 1 aromatic heterocycles. The number of thioether (sulfide) groups is 1. The fourth-order valence-electron chi connectivity index (χ4n) is 1.10. The van der Waals surface area contributed by atoms with Gasteiger partial charge < -0.3 is 10.6 Å². The zero-order valence-electron chi connectivity index (χ0n) is 8.33. The Balaban J connectivity index is 2.74. The van der Waals surface area contributed by atoms with Crippen molar-refractivity contribution in [2.24, 2.45) is 0 Å². The summed E-state index contributed by atoms with van der Waals surface area (Å²) >= 11 is 7.56. The van der Waals surface area contributed by atoms with Crippen LogP contribution in [0.5, 0.6) is 0 Å². The van der Waals surface area contributed by atoms with Gasteiger partial charge in [-0.3, -0.25) is 0 Å². The third kappa shape index (κ3) is 2.96. The molecule has 0 unspecified atom stereocenters. The van der Waals surface area contributed by atoms with E-state index in [-0.39, 0.29) is 0 Å². The lowest BCUT2D eigenvalue weighted by Crippen LogP contribution is -2.22. The molecule has 0 saturated heterocycles. The lowest BCUT2D eigenvalue weighted by molar-refractivity contribution is 0.949. The van der Waals surface area contributed by atoms with Crippen molar-refractivity contribution in [3.05, 3.63) is 17.3 Å². The molecule has 1 rings (SSSR count). The van der Waals surface area contributed by atoms with E-state index in [1.165, 1.54) is 0 Å². The predicted molar refractivity (Wildman–Crippen MR) is 65.3 cm³/mol. The number of nitrogens with two attached hydrogens (primary N) is 1. The van der Waals surface area contributed by atoms with Gasteiger partial charge in [0.2, 0.25) is 0 Å². The maximum absolute atomic E-state index is 5.80. The number of aromatic nitrogens is 1. The van der Waals surface area contributed by atoms with Crippen molar-refractivity contribution in [1.82, 2.24) is 4.98 Å². The third-order valence-corrected chi connectivity index (χ3v) is 2.65. The highest BCUT2D eigenvalue weighted by Crippen LogP contribution is 2.22. The van der Waals surface area contributed by atoms with Gasteiger partial charge >= 0.3 is 0 Å². The van der Waals surface area contributed by atoms with E-state index >= 15 is 0 Å². The molecule has 0 aliphatic rings. The van der Waals surface area contributed by atoms with Crippen LogP contribution in [-0.4, -0.2) is 30.6 Å². The Morgan fingerprint density at radius 1 is 1.64 bits per heavy atom. The molecule has 0 fully saturated rings. The quantitative estimate of drug-likeness (QED) is 0.862. The molecule has 0 aliphatic carbocycles. The summed E-state index contributed by atoms with van der Waals surface area (Å²) in [5.41, 5.74) is 6.42. The lowest BCUT2D eigenvalue weighted by Gasteiger charge is -2.19. The first-order valence-electron chi connectivity index (χ1n) is 4.26. The van der Waals surface area contributed by atoms with Crippen LogP contribution in [0.3, 0.4) is 0 Å². The van der Waals surface area contributed by atoms with Crippen LogP contribution >= 0.6 is 23.4 Å². The van der Waals surface area contributed by atoms with Gasteiger partial charge in [0.1, 0.15) is 0 Å². The van der Waals surface area contributed by atoms with Gasteiger partial charge in [0.25, 0.3) is 0 Å². The Morgan fingerprint density at radius 2 is 2.36 bits per heavy atom. The SMILES string of the molecule is CSCCN(C)c1ncc(Cl)cc1N. The molecule has 2 N–H and O–H groups in total. The highest BCUT2D eigenvalue weighted by molar-refractivity contribution is 7.98. The van der Waals surface area contributed by atoms with Crippen LogP contribution in [0.2, 0.25) is 5.02 Å². The number of pyridine rings is 1. The van der Waals surface area contributed by atoms with Crippen molar-refractivity contribution < 1.29 is 0 Å². The molecule has 0 bridgehead atoms. The maximum Gasteiger partial charge on any atom is 0.151 e. The van der Waals surface area contributed by atoms with E-state index in [0.717, 1.165) is 18.1 Å². The van der Waals surface area contributed by atoms with Crippen LogP contribution in [0.15, 0.2) is 12.3 Å². The first kappa shape index (κ1) is 11.5. The van der Waals surface area contributed by atoms with Gasteiger partial charge in [-0.15, -0.1) is 0 Å². The number of halogens is 1. The van der Waals surface area contributed by atoms with Crippen molar-refractivity contribution in [3.8, 4) is 0 Å². The van der Waals surface area contributed by atoms with Crippen LogP contribution in [0.1, 0.15) is 0 Å². The van der Waals surface area contributed by atoms with Crippen LogP contribution in [0, 0.1) is 0 Å². The lowest BCUT2D eigenvalue weighted by atomic mass is 10.3. The van der Waals surface area contributed by atoms with Crippen molar-refractivity contribution in [2.45, 2.75) is 0 Å². The van der Waals surface area contributed by atoms with E-state index in [0.29, 0.717) is 10.7 Å². The second kappa shape index (κ2) is 5.32. The standard InChI is InChI=1S/C9H14ClN3S/c1-13(3-4-14-2)9-8(11)5-7(10)6-12-9/h5-6H,3-4,11H2,1-2H3. The third-order valence-electron chi connectivity index (χ3n) is 1.85. The second-order valence-electron chi connectivity index (χ2n) is 2.98. The van der Waals surface area contributed by atoms with E-state index < -0.39 is 0 Å². The molecular weight excluding hydrogens is 218 g/mol. The van der Waals surface area contributed by atoms with Gasteiger partial charge in [0.15, 0.2) is 5.82 Å². The highest BCUT2D eigenvalue weighted by Gasteiger charge is 2.06. The van der Waals surface area contributed by atoms with Crippen molar-refractivity contribution in [2.75, 3.05) is 36.2 Å². The first-order valence-corrected chi connectivity index (χ1v) is 6.03. The molecule has 0 aromatic carbocycles. The van der Waals surface area contributed by atoms with E-state index in [9.17, 15) is 0 Å². The van der Waals surface area contributed by atoms with Gasteiger partial charge in [-0.1, -0.05) is 11.6 Å². The number of hydrogen-bond donors (Lipinski definition) is 1. The molecule has 3 nitrogen and oxygen atoms in total. The Kier molecular flexibility index (Phi) is 4.35. The fourth-order valence-corrected chi connectivity index (χ4v) is 1.72. The molecule has 1 heterocycles. The number of nitrogens with zero attached hydrogens (tertiary/aromatic N) is 2. The normalized spacial score (nSPS) is 10.2.